The molecule has 0 amide bonds. The van der Waals surface area contributed by atoms with E-state index in [0.29, 0.717) is 5.54 Å². The lowest BCUT2D eigenvalue weighted by Gasteiger charge is -2.13. The number of nitrogens with one attached hydrogen (secondary N) is 1. The van der Waals surface area contributed by atoms with E-state index in [1.165, 1.54) is 22.7 Å². The van der Waals surface area contributed by atoms with Crippen LogP contribution in [0.15, 0.2) is 6.20 Å². The molecule has 1 N–H and O–H groups in total. The third-order valence-electron chi connectivity index (χ3n) is 2.88. The Hall–Kier alpha value is -0.410. The molecule has 1 aromatic heterocycles. The van der Waals surface area contributed by atoms with E-state index in [9.17, 15) is 0 Å². The van der Waals surface area contributed by atoms with Gasteiger partial charge < -0.3 is 5.32 Å². The summed E-state index contributed by atoms with van der Waals surface area (Å²) < 4.78 is 0. The van der Waals surface area contributed by atoms with Crippen LogP contribution in [0.5, 0.6) is 0 Å². The molecule has 1 heterocycles. The fourth-order valence-electron chi connectivity index (χ4n) is 1.40. The average Bonchev–Trinajstić information content (AvgIpc) is 2.66. The molecule has 0 unspecified atom stereocenters. The van der Waals surface area contributed by atoms with Crippen LogP contribution < -0.4 is 5.32 Å². The molecule has 2 rings (SSSR count). The molecular weight excluding hydrogens is 204 g/mol. The molecule has 1 fully saturated rings. The normalized spacial score (nSPS) is 19.2. The molecule has 1 aliphatic rings. The first kappa shape index (κ1) is 11.1. The molecule has 1 saturated carbocycles. The van der Waals surface area contributed by atoms with E-state index in [0.717, 1.165) is 6.54 Å². The summed E-state index contributed by atoms with van der Waals surface area (Å²) >= 11 is 1.83. The van der Waals surface area contributed by atoms with Gasteiger partial charge in [-0.25, -0.2) is 4.98 Å². The minimum absolute atomic E-state index is 0.187. The highest BCUT2D eigenvalue weighted by Crippen LogP contribution is 2.35. The lowest BCUT2D eigenvalue weighted by Crippen LogP contribution is -2.26. The van der Waals surface area contributed by atoms with Crippen LogP contribution in [-0.4, -0.2) is 10.5 Å². The molecule has 1 aromatic rings. The van der Waals surface area contributed by atoms with E-state index in [1.54, 1.807) is 0 Å². The van der Waals surface area contributed by atoms with Crippen molar-refractivity contribution in [2.75, 3.05) is 0 Å². The van der Waals surface area contributed by atoms with Gasteiger partial charge in [-0.1, -0.05) is 20.8 Å². The highest BCUT2D eigenvalue weighted by Gasteiger charge is 2.36. The Bertz CT molecular complexity index is 345. The molecule has 0 radical (unpaired) electrons. The maximum Gasteiger partial charge on any atom is 0.0981 e. The number of hydrogen-bond acceptors (Lipinski definition) is 3. The quantitative estimate of drug-likeness (QED) is 0.853. The standard InChI is InChI=1S/C12H20N2S/c1-11(2,3)10-13-7-9(15-10)8-14-12(4)5-6-12/h7,14H,5-6,8H2,1-4H3. The van der Waals surface area contributed by atoms with Gasteiger partial charge in [0.1, 0.15) is 0 Å². The Balaban J connectivity index is 1.95. The van der Waals surface area contributed by atoms with Crippen LogP contribution in [0.4, 0.5) is 0 Å². The average molecular weight is 224 g/mol. The van der Waals surface area contributed by atoms with Crippen molar-refractivity contribution in [1.82, 2.24) is 10.3 Å². The Morgan fingerprint density at radius 3 is 2.60 bits per heavy atom. The first-order valence-corrected chi connectivity index (χ1v) is 6.41. The van der Waals surface area contributed by atoms with E-state index >= 15 is 0 Å². The molecule has 3 heteroatoms. The third-order valence-corrected chi connectivity index (χ3v) is 4.31. The Morgan fingerprint density at radius 2 is 2.13 bits per heavy atom. The summed E-state index contributed by atoms with van der Waals surface area (Å²) in [5.74, 6) is 0. The van der Waals surface area contributed by atoms with Crippen molar-refractivity contribution in [3.05, 3.63) is 16.1 Å². The second-order valence-electron chi connectivity index (χ2n) is 5.80. The highest BCUT2D eigenvalue weighted by molar-refractivity contribution is 7.11. The van der Waals surface area contributed by atoms with Gasteiger partial charge in [-0.3, -0.25) is 0 Å². The highest BCUT2D eigenvalue weighted by atomic mass is 32.1. The first-order chi connectivity index (χ1) is 6.89. The third kappa shape index (κ3) is 2.79. The predicted molar refractivity (Wildman–Crippen MR) is 65.3 cm³/mol. The fourth-order valence-corrected chi connectivity index (χ4v) is 2.31. The smallest absolute Gasteiger partial charge is 0.0981 e. The lowest BCUT2D eigenvalue weighted by molar-refractivity contribution is 0.541. The monoisotopic (exact) mass is 224 g/mol. The van der Waals surface area contributed by atoms with Crippen molar-refractivity contribution in [2.24, 2.45) is 0 Å². The van der Waals surface area contributed by atoms with Crippen LogP contribution in [0.1, 0.15) is 50.4 Å². The van der Waals surface area contributed by atoms with E-state index in [2.05, 4.69) is 38.0 Å². The summed E-state index contributed by atoms with van der Waals surface area (Å²) in [4.78, 5) is 5.84. The van der Waals surface area contributed by atoms with E-state index in [4.69, 9.17) is 0 Å². The molecule has 0 aliphatic heterocycles. The second-order valence-corrected chi connectivity index (χ2v) is 6.91. The van der Waals surface area contributed by atoms with Gasteiger partial charge in [-0.15, -0.1) is 11.3 Å². The fraction of sp³-hybridized carbons (Fsp3) is 0.750. The molecule has 0 spiro atoms. The van der Waals surface area contributed by atoms with Crippen LogP contribution in [-0.2, 0) is 12.0 Å². The van der Waals surface area contributed by atoms with Crippen molar-refractivity contribution in [3.8, 4) is 0 Å². The van der Waals surface area contributed by atoms with E-state index in [-0.39, 0.29) is 5.41 Å². The Labute approximate surface area is 96.1 Å². The second kappa shape index (κ2) is 3.56. The van der Waals surface area contributed by atoms with Gasteiger partial charge in [0.05, 0.1) is 5.01 Å². The van der Waals surface area contributed by atoms with E-state index in [1.807, 2.05) is 17.5 Å². The van der Waals surface area contributed by atoms with Crippen molar-refractivity contribution in [3.63, 3.8) is 0 Å². The van der Waals surface area contributed by atoms with Gasteiger partial charge in [0.2, 0.25) is 0 Å². The molecule has 84 valence electrons. The van der Waals surface area contributed by atoms with Gasteiger partial charge in [-0.05, 0) is 19.8 Å². The topological polar surface area (TPSA) is 24.9 Å². The number of aromatic nitrogens is 1. The van der Waals surface area contributed by atoms with Crippen LogP contribution >= 0.6 is 11.3 Å². The number of hydrogen-bond donors (Lipinski definition) is 1. The lowest BCUT2D eigenvalue weighted by atomic mass is 9.98. The molecule has 0 saturated heterocycles. The van der Waals surface area contributed by atoms with Crippen LogP contribution in [0.3, 0.4) is 0 Å². The predicted octanol–water partition coefficient (Wildman–Crippen LogP) is 3.08. The maximum absolute atomic E-state index is 4.49. The van der Waals surface area contributed by atoms with Gasteiger partial charge in [0.25, 0.3) is 0 Å². The van der Waals surface area contributed by atoms with Gasteiger partial charge in [0, 0.05) is 28.6 Å². The maximum atomic E-state index is 4.49. The first-order valence-electron chi connectivity index (χ1n) is 5.59. The van der Waals surface area contributed by atoms with E-state index < -0.39 is 0 Å². The number of rotatable bonds is 3. The summed E-state index contributed by atoms with van der Waals surface area (Å²) in [7, 11) is 0. The molecule has 2 nitrogen and oxygen atoms in total. The molecule has 0 bridgehead atoms. The van der Waals surface area contributed by atoms with Crippen LogP contribution in [0.25, 0.3) is 0 Å². The summed E-state index contributed by atoms with van der Waals surface area (Å²) in [6, 6.07) is 0. The molecule has 0 aromatic carbocycles. The van der Waals surface area contributed by atoms with Crippen molar-refractivity contribution < 1.29 is 0 Å². The van der Waals surface area contributed by atoms with Gasteiger partial charge in [0.15, 0.2) is 0 Å². The minimum Gasteiger partial charge on any atom is -0.307 e. The van der Waals surface area contributed by atoms with Crippen molar-refractivity contribution in [2.45, 2.75) is 58.0 Å². The summed E-state index contributed by atoms with van der Waals surface area (Å²) in [5.41, 5.74) is 0.609. The Kier molecular flexibility index (Phi) is 2.63. The largest absolute Gasteiger partial charge is 0.307 e. The van der Waals surface area contributed by atoms with Gasteiger partial charge >= 0.3 is 0 Å². The summed E-state index contributed by atoms with van der Waals surface area (Å²) in [5, 5.41) is 4.82. The van der Waals surface area contributed by atoms with Crippen LogP contribution in [0, 0.1) is 0 Å². The zero-order valence-corrected chi connectivity index (χ0v) is 10.9. The summed E-state index contributed by atoms with van der Waals surface area (Å²) in [6.45, 7) is 9.91. The SMILES string of the molecule is CC1(NCc2cnc(C(C)(C)C)s2)CC1. The number of thiazole rings is 1. The number of nitrogens with zero attached hydrogens (tertiary/aromatic N) is 1. The van der Waals surface area contributed by atoms with Crippen molar-refractivity contribution in [1.29, 1.82) is 0 Å². The van der Waals surface area contributed by atoms with Crippen LogP contribution in [0.2, 0.25) is 0 Å². The Morgan fingerprint density at radius 1 is 1.47 bits per heavy atom. The van der Waals surface area contributed by atoms with Gasteiger partial charge in [-0.2, -0.15) is 0 Å². The summed E-state index contributed by atoms with van der Waals surface area (Å²) in [6.07, 6.45) is 4.65. The zero-order chi connectivity index (χ0) is 11.1. The van der Waals surface area contributed by atoms with Crippen molar-refractivity contribution >= 4 is 11.3 Å². The minimum atomic E-state index is 0.187. The molecule has 1 aliphatic carbocycles. The zero-order valence-electron chi connectivity index (χ0n) is 10.1. The molecule has 0 atom stereocenters. The molecular formula is C12H20N2S. The molecule has 15 heavy (non-hydrogen) atoms.